The molecular weight excluding hydrogens is 222 g/mol. The highest BCUT2D eigenvalue weighted by molar-refractivity contribution is 9.09. The summed E-state index contributed by atoms with van der Waals surface area (Å²) >= 11 is 5.49. The molecule has 0 heterocycles. The first-order chi connectivity index (χ1) is 5.31. The van der Waals surface area contributed by atoms with Crippen molar-refractivity contribution in [3.05, 3.63) is 0 Å². The van der Waals surface area contributed by atoms with E-state index in [1.165, 1.54) is 18.6 Å². The summed E-state index contributed by atoms with van der Waals surface area (Å²) in [5.41, 5.74) is 0. The second kappa shape index (κ2) is 8.88. The van der Waals surface area contributed by atoms with Crippen LogP contribution in [0, 0.1) is 0 Å². The van der Waals surface area contributed by atoms with Crippen LogP contribution in [-0.4, -0.2) is 29.9 Å². The number of hydrogen-bond donors (Lipinski definition) is 1. The molecule has 3 heteroatoms. The van der Waals surface area contributed by atoms with Gasteiger partial charge < -0.3 is 5.32 Å². The molecule has 1 unspecified atom stereocenters. The standard InChI is InChI=1S/C8H18BrNS/c1-3-8(9)4-5-10-6-7-11-2/h8,10H,3-7H2,1-2H3. The molecule has 0 aromatic rings. The molecule has 0 saturated carbocycles. The zero-order valence-corrected chi connectivity index (χ0v) is 9.80. The Labute approximate surface area is 82.8 Å². The molecule has 0 fully saturated rings. The van der Waals surface area contributed by atoms with E-state index < -0.39 is 0 Å². The van der Waals surface area contributed by atoms with Gasteiger partial charge in [0, 0.05) is 17.1 Å². The van der Waals surface area contributed by atoms with Gasteiger partial charge in [-0.05, 0) is 25.6 Å². The van der Waals surface area contributed by atoms with E-state index in [2.05, 4.69) is 34.4 Å². The van der Waals surface area contributed by atoms with E-state index in [-0.39, 0.29) is 0 Å². The van der Waals surface area contributed by atoms with Crippen LogP contribution in [0.4, 0.5) is 0 Å². The Morgan fingerprint density at radius 2 is 2.18 bits per heavy atom. The lowest BCUT2D eigenvalue weighted by molar-refractivity contribution is 0.651. The summed E-state index contributed by atoms with van der Waals surface area (Å²) in [6, 6.07) is 0. The van der Waals surface area contributed by atoms with Crippen LogP contribution in [0.5, 0.6) is 0 Å². The second-order valence-corrected chi connectivity index (χ2v) is 4.82. The molecule has 0 aromatic carbocycles. The minimum absolute atomic E-state index is 0.698. The summed E-state index contributed by atoms with van der Waals surface area (Å²) in [4.78, 5) is 0.698. The van der Waals surface area contributed by atoms with Gasteiger partial charge in [0.25, 0.3) is 0 Å². The second-order valence-electron chi connectivity index (χ2n) is 2.54. The van der Waals surface area contributed by atoms with Crippen LogP contribution < -0.4 is 5.32 Å². The predicted molar refractivity (Wildman–Crippen MR) is 58.9 cm³/mol. The molecule has 0 aliphatic carbocycles. The summed E-state index contributed by atoms with van der Waals surface area (Å²) in [6.45, 7) is 4.50. The maximum absolute atomic E-state index is 3.60. The van der Waals surface area contributed by atoms with Crippen molar-refractivity contribution >= 4 is 27.7 Å². The topological polar surface area (TPSA) is 12.0 Å². The van der Waals surface area contributed by atoms with E-state index in [9.17, 15) is 0 Å². The Morgan fingerprint density at radius 3 is 2.73 bits per heavy atom. The lowest BCUT2D eigenvalue weighted by atomic mass is 10.2. The average molecular weight is 240 g/mol. The largest absolute Gasteiger partial charge is 0.316 e. The molecule has 11 heavy (non-hydrogen) atoms. The molecule has 1 N–H and O–H groups in total. The van der Waals surface area contributed by atoms with Crippen molar-refractivity contribution in [2.24, 2.45) is 0 Å². The fourth-order valence-corrected chi connectivity index (χ4v) is 1.34. The summed E-state index contributed by atoms with van der Waals surface area (Å²) < 4.78 is 0. The Balaban J connectivity index is 2.89. The van der Waals surface area contributed by atoms with Crippen LogP contribution in [0.2, 0.25) is 0 Å². The SMILES string of the molecule is CCC(Br)CCNCCSC. The van der Waals surface area contributed by atoms with Crippen LogP contribution in [0.25, 0.3) is 0 Å². The summed E-state index contributed by atoms with van der Waals surface area (Å²) in [6.07, 6.45) is 4.61. The van der Waals surface area contributed by atoms with Gasteiger partial charge in [0.2, 0.25) is 0 Å². The molecule has 0 aliphatic rings. The van der Waals surface area contributed by atoms with Crippen LogP contribution >= 0.6 is 27.7 Å². The highest BCUT2D eigenvalue weighted by Gasteiger charge is 1.98. The van der Waals surface area contributed by atoms with E-state index in [1.807, 2.05) is 11.8 Å². The van der Waals surface area contributed by atoms with Crippen molar-refractivity contribution in [2.75, 3.05) is 25.1 Å². The Morgan fingerprint density at radius 1 is 1.45 bits per heavy atom. The van der Waals surface area contributed by atoms with Gasteiger partial charge in [-0.1, -0.05) is 22.9 Å². The number of rotatable bonds is 7. The third-order valence-electron chi connectivity index (χ3n) is 1.56. The Kier molecular flexibility index (Phi) is 9.52. The van der Waals surface area contributed by atoms with Gasteiger partial charge in [0.05, 0.1) is 0 Å². The van der Waals surface area contributed by atoms with Crippen LogP contribution in [0.15, 0.2) is 0 Å². The van der Waals surface area contributed by atoms with E-state index in [0.717, 1.165) is 13.1 Å². The fourth-order valence-electron chi connectivity index (χ4n) is 0.762. The van der Waals surface area contributed by atoms with Gasteiger partial charge in [-0.15, -0.1) is 0 Å². The lowest BCUT2D eigenvalue weighted by Crippen LogP contribution is -2.20. The molecular formula is C8H18BrNS. The minimum atomic E-state index is 0.698. The van der Waals surface area contributed by atoms with Gasteiger partial charge in [-0.25, -0.2) is 0 Å². The molecule has 68 valence electrons. The van der Waals surface area contributed by atoms with E-state index >= 15 is 0 Å². The molecule has 1 atom stereocenters. The molecule has 0 rings (SSSR count). The van der Waals surface area contributed by atoms with Gasteiger partial charge in [-0.3, -0.25) is 0 Å². The van der Waals surface area contributed by atoms with E-state index in [0.29, 0.717) is 4.83 Å². The highest BCUT2D eigenvalue weighted by atomic mass is 79.9. The zero-order chi connectivity index (χ0) is 8.53. The maximum Gasteiger partial charge on any atom is 0.0155 e. The lowest BCUT2D eigenvalue weighted by Gasteiger charge is -2.06. The van der Waals surface area contributed by atoms with Crippen molar-refractivity contribution in [2.45, 2.75) is 24.6 Å². The molecule has 0 aliphatic heterocycles. The fraction of sp³-hybridized carbons (Fsp3) is 1.00. The van der Waals surface area contributed by atoms with Crippen LogP contribution in [0.3, 0.4) is 0 Å². The highest BCUT2D eigenvalue weighted by Crippen LogP contribution is 2.07. The number of nitrogens with one attached hydrogen (secondary N) is 1. The predicted octanol–water partition coefficient (Wildman–Crippen LogP) is 2.50. The molecule has 0 saturated heterocycles. The first-order valence-corrected chi connectivity index (χ1v) is 6.46. The van der Waals surface area contributed by atoms with Crippen LogP contribution in [-0.2, 0) is 0 Å². The first-order valence-electron chi connectivity index (χ1n) is 4.15. The minimum Gasteiger partial charge on any atom is -0.316 e. The quantitative estimate of drug-likeness (QED) is 0.542. The summed E-state index contributed by atoms with van der Waals surface area (Å²) in [7, 11) is 0. The zero-order valence-electron chi connectivity index (χ0n) is 7.40. The van der Waals surface area contributed by atoms with Crippen molar-refractivity contribution < 1.29 is 0 Å². The van der Waals surface area contributed by atoms with Crippen molar-refractivity contribution in [1.82, 2.24) is 5.32 Å². The van der Waals surface area contributed by atoms with Gasteiger partial charge >= 0.3 is 0 Å². The summed E-state index contributed by atoms with van der Waals surface area (Å²) in [5.74, 6) is 1.22. The normalized spacial score (nSPS) is 13.4. The van der Waals surface area contributed by atoms with Crippen molar-refractivity contribution in [3.8, 4) is 0 Å². The molecule has 0 bridgehead atoms. The van der Waals surface area contributed by atoms with Gasteiger partial charge in [0.15, 0.2) is 0 Å². The van der Waals surface area contributed by atoms with Crippen LogP contribution in [0.1, 0.15) is 19.8 Å². The maximum atomic E-state index is 3.60. The molecule has 0 radical (unpaired) electrons. The monoisotopic (exact) mass is 239 g/mol. The van der Waals surface area contributed by atoms with Gasteiger partial charge in [0.1, 0.15) is 0 Å². The van der Waals surface area contributed by atoms with Crippen molar-refractivity contribution in [1.29, 1.82) is 0 Å². The van der Waals surface area contributed by atoms with Crippen molar-refractivity contribution in [3.63, 3.8) is 0 Å². The molecule has 0 amide bonds. The molecule has 0 spiro atoms. The molecule has 0 aromatic heterocycles. The first kappa shape index (κ1) is 11.8. The number of thioether (sulfide) groups is 1. The van der Waals surface area contributed by atoms with E-state index in [1.54, 1.807) is 0 Å². The Bertz CT molecular complexity index is 80.5. The van der Waals surface area contributed by atoms with Gasteiger partial charge in [-0.2, -0.15) is 11.8 Å². The number of alkyl halides is 1. The number of halogens is 1. The smallest absolute Gasteiger partial charge is 0.0155 e. The molecule has 1 nitrogen and oxygen atoms in total. The Hall–Kier alpha value is 0.790. The third kappa shape index (κ3) is 8.70. The third-order valence-corrected chi connectivity index (χ3v) is 3.28. The van der Waals surface area contributed by atoms with E-state index in [4.69, 9.17) is 0 Å². The number of hydrogen-bond acceptors (Lipinski definition) is 2. The summed E-state index contributed by atoms with van der Waals surface area (Å²) in [5, 5.41) is 3.40. The average Bonchev–Trinajstić information content (AvgIpc) is 2.04.